The first-order valence-electron chi connectivity index (χ1n) is 6.98. The third-order valence-corrected chi connectivity index (χ3v) is 4.19. The third-order valence-electron chi connectivity index (χ3n) is 3.29. The maximum absolute atomic E-state index is 12.2. The summed E-state index contributed by atoms with van der Waals surface area (Å²) in [6, 6.07) is 7.73. The van der Waals surface area contributed by atoms with Crippen molar-refractivity contribution in [3.8, 4) is 0 Å². The summed E-state index contributed by atoms with van der Waals surface area (Å²) in [5.41, 5.74) is 1.06. The number of hydrogen-bond donors (Lipinski definition) is 2. The van der Waals surface area contributed by atoms with E-state index < -0.39 is 6.04 Å². The summed E-state index contributed by atoms with van der Waals surface area (Å²) in [5, 5.41) is 8.83. The second-order valence-electron chi connectivity index (χ2n) is 5.43. The van der Waals surface area contributed by atoms with Crippen molar-refractivity contribution >= 4 is 33.2 Å². The highest BCUT2D eigenvalue weighted by molar-refractivity contribution is 7.17. The van der Waals surface area contributed by atoms with E-state index in [1.165, 1.54) is 17.0 Å². The molecule has 2 N–H and O–H groups in total. The Balaban J connectivity index is 1.99. The van der Waals surface area contributed by atoms with Crippen LogP contribution in [-0.2, 0) is 16.1 Å². The molecule has 4 nitrogen and oxygen atoms in total. The monoisotopic (exact) mass is 304 g/mol. The topological polar surface area (TPSA) is 58.2 Å². The summed E-state index contributed by atoms with van der Waals surface area (Å²) in [7, 11) is 0. The van der Waals surface area contributed by atoms with Crippen molar-refractivity contribution in [1.29, 1.82) is 0 Å². The smallest absolute Gasteiger partial charge is 0.243 e. The molecule has 0 aliphatic rings. The van der Waals surface area contributed by atoms with Crippen LogP contribution < -0.4 is 10.6 Å². The molecular weight excluding hydrogens is 284 g/mol. The van der Waals surface area contributed by atoms with Gasteiger partial charge in [0.05, 0.1) is 0 Å². The van der Waals surface area contributed by atoms with E-state index in [0.29, 0.717) is 6.54 Å². The fourth-order valence-electron chi connectivity index (χ4n) is 2.18. The molecule has 112 valence electrons. The van der Waals surface area contributed by atoms with Crippen LogP contribution in [0.3, 0.4) is 0 Å². The lowest BCUT2D eigenvalue weighted by Gasteiger charge is -2.20. The lowest BCUT2D eigenvalue weighted by molar-refractivity contribution is -0.129. The number of benzene rings is 1. The Morgan fingerprint density at radius 3 is 2.67 bits per heavy atom. The molecule has 1 aromatic carbocycles. The van der Waals surface area contributed by atoms with Gasteiger partial charge in [-0.2, -0.15) is 0 Å². The van der Waals surface area contributed by atoms with E-state index in [9.17, 15) is 9.59 Å². The fraction of sp³-hybridized carbons (Fsp3) is 0.375. The number of rotatable bonds is 5. The molecule has 2 aromatic rings. The zero-order chi connectivity index (χ0) is 15.4. The van der Waals surface area contributed by atoms with Crippen LogP contribution in [0.5, 0.6) is 0 Å². The lowest BCUT2D eigenvalue weighted by atomic mass is 10.0. The van der Waals surface area contributed by atoms with E-state index in [1.54, 1.807) is 11.3 Å². The Labute approximate surface area is 128 Å². The van der Waals surface area contributed by atoms with E-state index in [0.717, 1.165) is 5.56 Å². The van der Waals surface area contributed by atoms with Gasteiger partial charge in [0.15, 0.2) is 0 Å². The molecule has 1 heterocycles. The number of carbonyl (C=O) groups is 2. The lowest BCUT2D eigenvalue weighted by Crippen LogP contribution is -2.48. The Bertz CT molecular complexity index is 649. The van der Waals surface area contributed by atoms with Crippen molar-refractivity contribution in [3.05, 3.63) is 35.2 Å². The minimum atomic E-state index is -0.493. The van der Waals surface area contributed by atoms with Gasteiger partial charge in [-0.1, -0.05) is 19.9 Å². The molecule has 1 atom stereocenters. The molecule has 5 heteroatoms. The van der Waals surface area contributed by atoms with Gasteiger partial charge in [-0.15, -0.1) is 11.3 Å². The van der Waals surface area contributed by atoms with Crippen molar-refractivity contribution in [2.45, 2.75) is 33.4 Å². The molecule has 2 rings (SSSR count). The summed E-state index contributed by atoms with van der Waals surface area (Å²) in [5.74, 6) is -0.289. The fourth-order valence-corrected chi connectivity index (χ4v) is 2.95. The zero-order valence-electron chi connectivity index (χ0n) is 12.5. The first-order valence-corrected chi connectivity index (χ1v) is 7.86. The summed E-state index contributed by atoms with van der Waals surface area (Å²) in [6.07, 6.45) is 0. The van der Waals surface area contributed by atoms with Crippen LogP contribution in [0.2, 0.25) is 0 Å². The predicted molar refractivity (Wildman–Crippen MR) is 86.1 cm³/mol. The Morgan fingerprint density at radius 2 is 2.00 bits per heavy atom. The molecule has 1 aromatic heterocycles. The largest absolute Gasteiger partial charge is 0.350 e. The van der Waals surface area contributed by atoms with Crippen LogP contribution >= 0.6 is 11.3 Å². The average molecular weight is 304 g/mol. The first-order chi connectivity index (χ1) is 9.97. The van der Waals surface area contributed by atoms with Gasteiger partial charge in [0.2, 0.25) is 11.8 Å². The summed E-state index contributed by atoms with van der Waals surface area (Å²) >= 11 is 1.70. The number of fused-ring (bicyclic) bond motifs is 1. The highest BCUT2D eigenvalue weighted by Gasteiger charge is 2.22. The Hall–Kier alpha value is -1.88. The van der Waals surface area contributed by atoms with Crippen LogP contribution in [0.1, 0.15) is 26.3 Å². The number of hydrogen-bond acceptors (Lipinski definition) is 3. The van der Waals surface area contributed by atoms with E-state index in [4.69, 9.17) is 0 Å². The van der Waals surface area contributed by atoms with Crippen molar-refractivity contribution in [3.63, 3.8) is 0 Å². The number of thiophene rings is 1. The quantitative estimate of drug-likeness (QED) is 0.892. The van der Waals surface area contributed by atoms with E-state index in [-0.39, 0.29) is 17.7 Å². The highest BCUT2D eigenvalue weighted by atomic mass is 32.1. The minimum Gasteiger partial charge on any atom is -0.350 e. The number of carbonyl (C=O) groups excluding carboxylic acids is 2. The van der Waals surface area contributed by atoms with Gasteiger partial charge in [0.25, 0.3) is 0 Å². The second kappa shape index (κ2) is 6.72. The molecule has 0 radical (unpaired) electrons. The third kappa shape index (κ3) is 4.04. The van der Waals surface area contributed by atoms with Crippen LogP contribution in [0.4, 0.5) is 0 Å². The standard InChI is InChI=1S/C16H20N2O2S/c1-10(2)15(18-11(3)19)16(20)17-9-12-4-5-14-13(8-12)6-7-21-14/h4-8,10,15H,9H2,1-3H3,(H,17,20)(H,18,19)/t15-/m1/s1. The maximum atomic E-state index is 12.2. The van der Waals surface area contributed by atoms with Gasteiger partial charge in [0, 0.05) is 18.2 Å². The molecular formula is C16H20N2O2S. The van der Waals surface area contributed by atoms with E-state index in [1.807, 2.05) is 19.9 Å². The molecule has 0 aliphatic carbocycles. The van der Waals surface area contributed by atoms with Crippen molar-refractivity contribution in [2.24, 2.45) is 5.92 Å². The number of nitrogens with one attached hydrogen (secondary N) is 2. The van der Waals surface area contributed by atoms with Crippen molar-refractivity contribution in [1.82, 2.24) is 10.6 Å². The van der Waals surface area contributed by atoms with Crippen LogP contribution in [0.15, 0.2) is 29.6 Å². The molecule has 0 aliphatic heterocycles. The number of amides is 2. The first kappa shape index (κ1) is 15.5. The minimum absolute atomic E-state index is 0.0493. The van der Waals surface area contributed by atoms with Crippen LogP contribution in [0.25, 0.3) is 10.1 Å². The summed E-state index contributed by atoms with van der Waals surface area (Å²) in [6.45, 7) is 5.72. The predicted octanol–water partition coefficient (Wildman–Crippen LogP) is 2.68. The second-order valence-corrected chi connectivity index (χ2v) is 6.38. The van der Waals surface area contributed by atoms with Gasteiger partial charge in [-0.3, -0.25) is 9.59 Å². The Morgan fingerprint density at radius 1 is 1.24 bits per heavy atom. The molecule has 21 heavy (non-hydrogen) atoms. The SMILES string of the molecule is CC(=O)N[C@@H](C(=O)NCc1ccc2sccc2c1)C(C)C. The van der Waals surface area contributed by atoms with Crippen molar-refractivity contribution < 1.29 is 9.59 Å². The molecule has 0 saturated carbocycles. The Kier molecular flexibility index (Phi) is 4.96. The highest BCUT2D eigenvalue weighted by Crippen LogP contribution is 2.21. The van der Waals surface area contributed by atoms with Gasteiger partial charge in [0.1, 0.15) is 6.04 Å². The normalized spacial score (nSPS) is 12.4. The van der Waals surface area contributed by atoms with Gasteiger partial charge in [-0.05, 0) is 40.4 Å². The van der Waals surface area contributed by atoms with Crippen molar-refractivity contribution in [2.75, 3.05) is 0 Å². The van der Waals surface area contributed by atoms with Crippen LogP contribution in [-0.4, -0.2) is 17.9 Å². The molecule has 0 spiro atoms. The molecule has 0 fully saturated rings. The molecule has 0 bridgehead atoms. The molecule has 0 unspecified atom stereocenters. The van der Waals surface area contributed by atoms with E-state index in [2.05, 4.69) is 34.2 Å². The average Bonchev–Trinajstić information content (AvgIpc) is 2.89. The summed E-state index contributed by atoms with van der Waals surface area (Å²) < 4.78 is 1.24. The molecule has 0 saturated heterocycles. The molecule has 2 amide bonds. The van der Waals surface area contributed by atoms with E-state index >= 15 is 0 Å². The maximum Gasteiger partial charge on any atom is 0.243 e. The summed E-state index contributed by atoms with van der Waals surface area (Å²) in [4.78, 5) is 23.3. The van der Waals surface area contributed by atoms with Crippen LogP contribution in [0, 0.1) is 5.92 Å². The van der Waals surface area contributed by atoms with Gasteiger partial charge < -0.3 is 10.6 Å². The zero-order valence-corrected chi connectivity index (χ0v) is 13.3. The van der Waals surface area contributed by atoms with Gasteiger partial charge in [-0.25, -0.2) is 0 Å². The van der Waals surface area contributed by atoms with Gasteiger partial charge >= 0.3 is 0 Å².